The van der Waals surface area contributed by atoms with Crippen molar-refractivity contribution in [3.63, 3.8) is 0 Å². The van der Waals surface area contributed by atoms with E-state index < -0.39 is 0 Å². The van der Waals surface area contributed by atoms with Gasteiger partial charge in [-0.1, -0.05) is 0 Å². The van der Waals surface area contributed by atoms with Crippen LogP contribution in [0.1, 0.15) is 40.5 Å². The summed E-state index contributed by atoms with van der Waals surface area (Å²) in [7, 11) is 0. The molecule has 2 atom stereocenters. The Morgan fingerprint density at radius 1 is 1.00 bits per heavy atom. The minimum Gasteiger partial charge on any atom is -1.00 e. The average molecular weight is 160 g/mol. The molecule has 0 bridgehead atoms. The first-order valence-corrected chi connectivity index (χ1v) is 5.39. The Morgan fingerprint density at radius 3 is 1.50 bits per heavy atom. The van der Waals surface area contributed by atoms with Gasteiger partial charge in [-0.25, -0.2) is 0 Å². The molecule has 0 rings (SSSR count). The van der Waals surface area contributed by atoms with Gasteiger partial charge >= 0.3 is 65.3 Å². The fraction of sp³-hybridized carbons (Fsp3) is 1.00. The molecule has 0 aromatic rings. The zero-order valence-corrected chi connectivity index (χ0v) is 8.68. The van der Waals surface area contributed by atoms with Crippen LogP contribution in [-0.2, 0) is 0 Å². The van der Waals surface area contributed by atoms with E-state index in [0.29, 0.717) is 0 Å². The van der Waals surface area contributed by atoms with Crippen molar-refractivity contribution in [2.75, 3.05) is 0 Å². The maximum Gasteiger partial charge on any atom is -1.00 e. The molecule has 0 aromatic carbocycles. The first-order chi connectivity index (χ1) is 4.20. The molecule has 0 aliphatic carbocycles. The number of hydrogen-bond donors (Lipinski definition) is 0. The third-order valence-electron chi connectivity index (χ3n) is 1.94. The van der Waals surface area contributed by atoms with Gasteiger partial charge in [0.15, 0.2) is 0 Å². The van der Waals surface area contributed by atoms with Crippen molar-refractivity contribution in [2.45, 2.75) is 50.1 Å². The molecule has 0 heterocycles. The molecular formula is C8H18AlF. The molecule has 0 spiro atoms. The summed E-state index contributed by atoms with van der Waals surface area (Å²) in [5.74, 6) is 0. The standard InChI is InChI=1S/2C4H9.Al.FH/c2*1-3-4-2;;/h2*3H,4H2,1-2H3;;1H/q;;+1;/p-1. The summed E-state index contributed by atoms with van der Waals surface area (Å²) in [6, 6.07) is 0. The van der Waals surface area contributed by atoms with Crippen molar-refractivity contribution >= 4 is 15.2 Å². The summed E-state index contributed by atoms with van der Waals surface area (Å²) < 4.78 is 2.03. The minimum atomic E-state index is 0. The molecule has 0 fully saturated rings. The molecule has 2 unspecified atom stereocenters. The first kappa shape index (κ1) is 13.1. The molecular weight excluding hydrogens is 142 g/mol. The van der Waals surface area contributed by atoms with Crippen LogP contribution in [-0.4, -0.2) is 15.2 Å². The molecule has 2 heteroatoms. The van der Waals surface area contributed by atoms with Gasteiger partial charge in [-0.15, -0.1) is 0 Å². The molecule has 0 nitrogen and oxygen atoms in total. The van der Waals surface area contributed by atoms with Crippen LogP contribution >= 0.6 is 0 Å². The van der Waals surface area contributed by atoms with Crippen LogP contribution in [0.15, 0.2) is 0 Å². The van der Waals surface area contributed by atoms with Crippen molar-refractivity contribution in [3.8, 4) is 0 Å². The van der Waals surface area contributed by atoms with Gasteiger partial charge in [0.25, 0.3) is 0 Å². The van der Waals surface area contributed by atoms with E-state index in [-0.39, 0.29) is 4.70 Å². The van der Waals surface area contributed by atoms with Gasteiger partial charge in [0.05, 0.1) is 0 Å². The van der Waals surface area contributed by atoms with Gasteiger partial charge in [-0.2, -0.15) is 0 Å². The maximum atomic E-state index is 2.38. The van der Waals surface area contributed by atoms with Crippen LogP contribution in [0.3, 0.4) is 0 Å². The Bertz CT molecular complexity index is 58.3. The number of rotatable bonds is 4. The predicted molar refractivity (Wildman–Crippen MR) is 45.2 cm³/mol. The van der Waals surface area contributed by atoms with Crippen molar-refractivity contribution in [1.29, 1.82) is 0 Å². The van der Waals surface area contributed by atoms with E-state index in [1.165, 1.54) is 12.8 Å². The van der Waals surface area contributed by atoms with Gasteiger partial charge in [0, 0.05) is 0 Å². The van der Waals surface area contributed by atoms with Crippen LogP contribution in [0.2, 0.25) is 9.56 Å². The summed E-state index contributed by atoms with van der Waals surface area (Å²) in [6.07, 6.45) is 2.75. The third kappa shape index (κ3) is 6.58. The quantitative estimate of drug-likeness (QED) is 0.513. The molecule has 0 aromatic heterocycles. The van der Waals surface area contributed by atoms with E-state index in [2.05, 4.69) is 27.7 Å². The van der Waals surface area contributed by atoms with E-state index in [0.717, 1.165) is 24.8 Å². The van der Waals surface area contributed by atoms with Gasteiger partial charge in [-0.3, -0.25) is 0 Å². The number of halogens is 1. The van der Waals surface area contributed by atoms with E-state index in [1.807, 2.05) is 0 Å². The van der Waals surface area contributed by atoms with Gasteiger partial charge in [0.1, 0.15) is 0 Å². The summed E-state index contributed by atoms with van der Waals surface area (Å²) in [5.41, 5.74) is 0. The second-order valence-corrected chi connectivity index (χ2v) is 5.62. The monoisotopic (exact) mass is 160 g/mol. The number of hydrogen-bond acceptors (Lipinski definition) is 0. The summed E-state index contributed by atoms with van der Waals surface area (Å²) in [4.78, 5) is 0. The molecule has 0 radical (unpaired) electrons. The Hall–Kier alpha value is 0.462. The summed E-state index contributed by atoms with van der Waals surface area (Å²) in [5, 5.41) is 0. The topological polar surface area (TPSA) is 0 Å². The molecule has 0 saturated carbocycles. The fourth-order valence-electron chi connectivity index (χ4n) is 0.833. The summed E-state index contributed by atoms with van der Waals surface area (Å²) >= 11 is 0.720. The summed E-state index contributed by atoms with van der Waals surface area (Å²) in [6.45, 7) is 9.34. The van der Waals surface area contributed by atoms with Crippen molar-refractivity contribution in [2.24, 2.45) is 0 Å². The van der Waals surface area contributed by atoms with Crippen molar-refractivity contribution in [3.05, 3.63) is 0 Å². The minimum absolute atomic E-state index is 0. The average Bonchev–Trinajstić information content (AvgIpc) is 1.87. The van der Waals surface area contributed by atoms with Crippen LogP contribution in [0.25, 0.3) is 0 Å². The molecule has 0 aliphatic heterocycles. The van der Waals surface area contributed by atoms with E-state index >= 15 is 0 Å². The smallest absolute Gasteiger partial charge is 1.00 e. The molecule has 60 valence electrons. The van der Waals surface area contributed by atoms with Crippen molar-refractivity contribution in [1.82, 2.24) is 0 Å². The van der Waals surface area contributed by atoms with E-state index in [4.69, 9.17) is 0 Å². The van der Waals surface area contributed by atoms with Crippen LogP contribution in [0.5, 0.6) is 0 Å². The Morgan fingerprint density at radius 2 is 1.30 bits per heavy atom. The maximum absolute atomic E-state index is 2.38. The van der Waals surface area contributed by atoms with Gasteiger partial charge < -0.3 is 4.70 Å². The molecule has 0 aliphatic rings. The largest absolute Gasteiger partial charge is 1.00 e. The van der Waals surface area contributed by atoms with Gasteiger partial charge in [0.2, 0.25) is 0 Å². The molecule has 0 saturated heterocycles. The molecule has 0 amide bonds. The second-order valence-electron chi connectivity index (χ2n) is 2.96. The molecule has 0 N–H and O–H groups in total. The van der Waals surface area contributed by atoms with Crippen LogP contribution in [0.4, 0.5) is 0 Å². The zero-order valence-electron chi connectivity index (χ0n) is 7.52. The Balaban J connectivity index is 0. The van der Waals surface area contributed by atoms with Crippen LogP contribution < -0.4 is 4.70 Å². The molecule has 10 heavy (non-hydrogen) atoms. The Kier molecular flexibility index (Phi) is 9.90. The van der Waals surface area contributed by atoms with Crippen molar-refractivity contribution < 1.29 is 4.70 Å². The fourth-order valence-corrected chi connectivity index (χ4v) is 2.50. The normalized spacial score (nSPS) is 14.8. The van der Waals surface area contributed by atoms with E-state index in [9.17, 15) is 0 Å². The second kappa shape index (κ2) is 7.57. The van der Waals surface area contributed by atoms with E-state index in [1.54, 1.807) is 0 Å². The first-order valence-electron chi connectivity index (χ1n) is 4.05. The predicted octanol–water partition coefficient (Wildman–Crippen LogP) is 0.131. The van der Waals surface area contributed by atoms with Crippen LogP contribution in [0, 0.1) is 0 Å². The zero-order chi connectivity index (χ0) is 7.28. The SMILES string of the molecule is CC[CH](C)[Al+][CH](C)CC.[F-]. The third-order valence-corrected chi connectivity index (χ3v) is 4.20. The Labute approximate surface area is 70.5 Å². The van der Waals surface area contributed by atoms with Gasteiger partial charge in [-0.05, 0) is 0 Å².